The van der Waals surface area contributed by atoms with Gasteiger partial charge in [0.1, 0.15) is 0 Å². The summed E-state index contributed by atoms with van der Waals surface area (Å²) in [6.45, 7) is 4.92. The van der Waals surface area contributed by atoms with Gasteiger partial charge in [-0.15, -0.1) is 0 Å². The standard InChI is InChI=1S/C22H28ClNO/c1-17(13-19-9-6-5-7-10-19)22(25,18(2)16-24(3)4)15-20-11-8-12-21(23)14-20/h5-14,18,25H,15-16H2,1-4H3/b17-13+. The lowest BCUT2D eigenvalue weighted by atomic mass is 9.77. The molecule has 0 aliphatic carbocycles. The lowest BCUT2D eigenvalue weighted by Crippen LogP contribution is -2.44. The number of aliphatic hydroxyl groups is 1. The average molecular weight is 358 g/mol. The molecule has 2 nitrogen and oxygen atoms in total. The average Bonchev–Trinajstić information content (AvgIpc) is 2.55. The molecular formula is C22H28ClNO. The fourth-order valence-corrected chi connectivity index (χ4v) is 3.50. The van der Waals surface area contributed by atoms with E-state index >= 15 is 0 Å². The second kappa shape index (κ2) is 8.66. The third-order valence-corrected chi connectivity index (χ3v) is 4.92. The highest BCUT2D eigenvalue weighted by atomic mass is 35.5. The predicted octanol–water partition coefficient (Wildman–Crippen LogP) is 4.91. The van der Waals surface area contributed by atoms with Crippen LogP contribution < -0.4 is 0 Å². The maximum atomic E-state index is 11.7. The third-order valence-electron chi connectivity index (χ3n) is 4.68. The maximum absolute atomic E-state index is 11.7. The van der Waals surface area contributed by atoms with Crippen LogP contribution in [0.15, 0.2) is 60.2 Å². The van der Waals surface area contributed by atoms with E-state index in [0.717, 1.165) is 23.2 Å². The van der Waals surface area contributed by atoms with E-state index in [1.54, 1.807) is 0 Å². The van der Waals surface area contributed by atoms with Gasteiger partial charge >= 0.3 is 0 Å². The molecule has 1 N–H and O–H groups in total. The number of benzene rings is 2. The summed E-state index contributed by atoms with van der Waals surface area (Å²) < 4.78 is 0. The van der Waals surface area contributed by atoms with E-state index in [4.69, 9.17) is 11.6 Å². The number of rotatable bonds is 7. The van der Waals surface area contributed by atoms with Gasteiger partial charge < -0.3 is 10.0 Å². The summed E-state index contributed by atoms with van der Waals surface area (Å²) in [5.41, 5.74) is 2.17. The van der Waals surface area contributed by atoms with E-state index in [1.165, 1.54) is 0 Å². The van der Waals surface area contributed by atoms with Gasteiger partial charge in [0, 0.05) is 23.9 Å². The highest BCUT2D eigenvalue weighted by Crippen LogP contribution is 2.32. The minimum atomic E-state index is -0.940. The van der Waals surface area contributed by atoms with E-state index in [-0.39, 0.29) is 5.92 Å². The van der Waals surface area contributed by atoms with Gasteiger partial charge in [0.05, 0.1) is 5.60 Å². The molecule has 0 fully saturated rings. The largest absolute Gasteiger partial charge is 0.385 e. The third kappa shape index (κ3) is 5.43. The van der Waals surface area contributed by atoms with Gasteiger partial charge in [0.2, 0.25) is 0 Å². The van der Waals surface area contributed by atoms with Gasteiger partial charge in [0.25, 0.3) is 0 Å². The fourth-order valence-electron chi connectivity index (χ4n) is 3.28. The zero-order valence-electron chi connectivity index (χ0n) is 15.5. The van der Waals surface area contributed by atoms with Crippen molar-refractivity contribution in [2.45, 2.75) is 25.9 Å². The van der Waals surface area contributed by atoms with Crippen LogP contribution in [0.4, 0.5) is 0 Å². The SMILES string of the molecule is C/C(=C\c1ccccc1)C(O)(Cc1cccc(Cl)c1)C(C)CN(C)C. The van der Waals surface area contributed by atoms with Crippen molar-refractivity contribution in [3.05, 3.63) is 76.3 Å². The Balaban J connectivity index is 2.38. The van der Waals surface area contributed by atoms with Crippen molar-refractivity contribution >= 4 is 17.7 Å². The molecule has 0 spiro atoms. The first-order valence-electron chi connectivity index (χ1n) is 8.66. The quantitative estimate of drug-likeness (QED) is 0.760. The van der Waals surface area contributed by atoms with Crippen molar-refractivity contribution in [2.24, 2.45) is 5.92 Å². The molecule has 2 aromatic carbocycles. The van der Waals surface area contributed by atoms with Crippen LogP contribution >= 0.6 is 11.6 Å². The lowest BCUT2D eigenvalue weighted by Gasteiger charge is -2.37. The zero-order chi connectivity index (χ0) is 18.4. The van der Waals surface area contributed by atoms with E-state index in [9.17, 15) is 5.11 Å². The second-order valence-electron chi connectivity index (χ2n) is 7.13. The molecule has 0 amide bonds. The molecule has 0 saturated heterocycles. The maximum Gasteiger partial charge on any atom is 0.0935 e. The molecule has 2 rings (SSSR count). The van der Waals surface area contributed by atoms with Crippen molar-refractivity contribution in [2.75, 3.05) is 20.6 Å². The number of halogens is 1. The number of hydrogen-bond donors (Lipinski definition) is 1. The van der Waals surface area contributed by atoms with Gasteiger partial charge in [-0.1, -0.05) is 67.1 Å². The van der Waals surface area contributed by atoms with Crippen molar-refractivity contribution in [1.29, 1.82) is 0 Å². The summed E-state index contributed by atoms with van der Waals surface area (Å²) in [7, 11) is 4.07. The summed E-state index contributed by atoms with van der Waals surface area (Å²) in [6, 6.07) is 17.9. The molecule has 0 bridgehead atoms. The Hall–Kier alpha value is -1.61. The Labute approximate surface area is 156 Å². The second-order valence-corrected chi connectivity index (χ2v) is 7.57. The van der Waals surface area contributed by atoms with Crippen LogP contribution in [0.25, 0.3) is 6.08 Å². The first kappa shape index (κ1) is 19.7. The van der Waals surface area contributed by atoms with Gasteiger partial charge in [-0.2, -0.15) is 0 Å². The molecule has 0 aliphatic heterocycles. The molecule has 0 radical (unpaired) electrons. The smallest absolute Gasteiger partial charge is 0.0935 e. The lowest BCUT2D eigenvalue weighted by molar-refractivity contribution is 0.0150. The molecule has 2 aromatic rings. The van der Waals surface area contributed by atoms with Crippen LogP contribution in [0.3, 0.4) is 0 Å². The highest BCUT2D eigenvalue weighted by molar-refractivity contribution is 6.30. The van der Waals surface area contributed by atoms with Crippen LogP contribution in [-0.4, -0.2) is 36.2 Å². The highest BCUT2D eigenvalue weighted by Gasteiger charge is 2.36. The van der Waals surface area contributed by atoms with Gasteiger partial charge in [0.15, 0.2) is 0 Å². The molecule has 25 heavy (non-hydrogen) atoms. The van der Waals surface area contributed by atoms with Crippen LogP contribution in [0.1, 0.15) is 25.0 Å². The van der Waals surface area contributed by atoms with Gasteiger partial charge in [-0.05, 0) is 49.9 Å². The Bertz CT molecular complexity index is 711. The summed E-state index contributed by atoms with van der Waals surface area (Å²) in [4.78, 5) is 2.11. The predicted molar refractivity (Wildman–Crippen MR) is 108 cm³/mol. The first-order valence-corrected chi connectivity index (χ1v) is 9.04. The summed E-state index contributed by atoms with van der Waals surface area (Å²) in [6.07, 6.45) is 2.62. The van der Waals surface area contributed by atoms with Gasteiger partial charge in [-0.25, -0.2) is 0 Å². The summed E-state index contributed by atoms with van der Waals surface area (Å²) >= 11 is 6.14. The van der Waals surface area contributed by atoms with E-state index in [0.29, 0.717) is 11.4 Å². The normalized spacial score (nSPS) is 15.9. The minimum absolute atomic E-state index is 0.0708. The Morgan fingerprint density at radius 3 is 2.44 bits per heavy atom. The van der Waals surface area contributed by atoms with Crippen molar-refractivity contribution in [1.82, 2.24) is 4.90 Å². The molecule has 2 unspecified atom stereocenters. The van der Waals surface area contributed by atoms with E-state index < -0.39 is 5.60 Å². The number of hydrogen-bond acceptors (Lipinski definition) is 2. The summed E-state index contributed by atoms with van der Waals surface area (Å²) in [5, 5.41) is 12.4. The van der Waals surface area contributed by atoms with Crippen LogP contribution in [0, 0.1) is 5.92 Å². The van der Waals surface area contributed by atoms with Crippen molar-refractivity contribution in [3.8, 4) is 0 Å². The van der Waals surface area contributed by atoms with Crippen molar-refractivity contribution in [3.63, 3.8) is 0 Å². The van der Waals surface area contributed by atoms with Gasteiger partial charge in [-0.3, -0.25) is 0 Å². The summed E-state index contributed by atoms with van der Waals surface area (Å²) in [5.74, 6) is 0.0708. The van der Waals surface area contributed by atoms with E-state index in [1.807, 2.05) is 63.5 Å². The Morgan fingerprint density at radius 1 is 1.16 bits per heavy atom. The molecule has 0 heterocycles. The molecule has 0 aromatic heterocycles. The van der Waals surface area contributed by atoms with Crippen molar-refractivity contribution < 1.29 is 5.11 Å². The first-order chi connectivity index (χ1) is 11.8. The number of nitrogens with zero attached hydrogens (tertiary/aromatic N) is 1. The molecule has 0 saturated carbocycles. The molecule has 2 atom stereocenters. The van der Waals surface area contributed by atoms with Crippen LogP contribution in [0.2, 0.25) is 5.02 Å². The van der Waals surface area contributed by atoms with E-state index in [2.05, 4.69) is 30.0 Å². The van der Waals surface area contributed by atoms with Crippen LogP contribution in [0.5, 0.6) is 0 Å². The minimum Gasteiger partial charge on any atom is -0.385 e. The fraction of sp³-hybridized carbons (Fsp3) is 0.364. The Morgan fingerprint density at radius 2 is 1.84 bits per heavy atom. The topological polar surface area (TPSA) is 23.5 Å². The Kier molecular flexibility index (Phi) is 6.83. The molecule has 134 valence electrons. The molecule has 0 aliphatic rings. The monoisotopic (exact) mass is 357 g/mol. The molecule has 3 heteroatoms. The van der Waals surface area contributed by atoms with Crippen LogP contribution in [-0.2, 0) is 6.42 Å². The zero-order valence-corrected chi connectivity index (χ0v) is 16.3. The molecular weight excluding hydrogens is 330 g/mol.